The zero-order valence-corrected chi connectivity index (χ0v) is 21.6. The van der Waals surface area contributed by atoms with E-state index in [4.69, 9.17) is 4.74 Å². The summed E-state index contributed by atoms with van der Waals surface area (Å²) in [4.78, 5) is 12.0. The third-order valence-corrected chi connectivity index (χ3v) is 7.08. The number of hydrogen-bond donors (Lipinski definition) is 1. The molecule has 0 saturated heterocycles. The molecule has 0 aromatic heterocycles. The molecule has 1 atom stereocenters. The number of ether oxygens (including phenoxy) is 1. The summed E-state index contributed by atoms with van der Waals surface area (Å²) in [5.74, 6) is -0.187. The number of aliphatic carboxylic acids is 1. The lowest BCUT2D eigenvalue weighted by molar-refractivity contribution is -0.145. The van der Waals surface area contributed by atoms with E-state index in [1.807, 2.05) is 36.4 Å². The van der Waals surface area contributed by atoms with Crippen LogP contribution in [0.5, 0.6) is 5.75 Å². The van der Waals surface area contributed by atoms with Crippen molar-refractivity contribution in [3.63, 3.8) is 0 Å². The lowest BCUT2D eigenvalue weighted by Gasteiger charge is -2.19. The van der Waals surface area contributed by atoms with E-state index in [0.717, 1.165) is 34.4 Å². The van der Waals surface area contributed by atoms with E-state index in [1.165, 1.54) is 77.0 Å². The molecule has 0 aliphatic rings. The number of carboxylic acids is 1. The van der Waals surface area contributed by atoms with Crippen molar-refractivity contribution < 1.29 is 14.6 Å². The van der Waals surface area contributed by atoms with Gasteiger partial charge in [0, 0.05) is 10.8 Å². The molecular weight excluding hydrogens is 432 g/mol. The van der Waals surface area contributed by atoms with Crippen LogP contribution in [0.4, 0.5) is 0 Å². The van der Waals surface area contributed by atoms with E-state index in [9.17, 15) is 9.90 Å². The Kier molecular flexibility index (Phi) is 11.9. The lowest BCUT2D eigenvalue weighted by atomic mass is 10.0. The van der Waals surface area contributed by atoms with Crippen LogP contribution in [-0.2, 0) is 4.79 Å². The maximum atomic E-state index is 12.0. The Morgan fingerprint density at radius 2 is 1.11 bits per heavy atom. The zero-order valence-electron chi connectivity index (χ0n) is 21.6. The second-order valence-electron chi connectivity index (χ2n) is 9.98. The van der Waals surface area contributed by atoms with Crippen LogP contribution in [0.2, 0.25) is 0 Å². The Labute approximate surface area is 211 Å². The van der Waals surface area contributed by atoms with Gasteiger partial charge in [0.1, 0.15) is 5.75 Å². The van der Waals surface area contributed by atoms with Gasteiger partial charge >= 0.3 is 5.97 Å². The fourth-order valence-electron chi connectivity index (χ4n) is 5.00. The molecule has 0 aliphatic heterocycles. The van der Waals surface area contributed by atoms with Crippen LogP contribution in [0.1, 0.15) is 103 Å². The first-order chi connectivity index (χ1) is 17.2. The third kappa shape index (κ3) is 8.87. The van der Waals surface area contributed by atoms with E-state index in [1.54, 1.807) is 0 Å². The topological polar surface area (TPSA) is 46.5 Å². The smallest absolute Gasteiger partial charge is 0.344 e. The molecule has 0 saturated carbocycles. The molecule has 1 N–H and O–H groups in total. The summed E-state index contributed by atoms with van der Waals surface area (Å²) in [5.41, 5.74) is 0. The van der Waals surface area contributed by atoms with Crippen molar-refractivity contribution >= 4 is 27.5 Å². The Morgan fingerprint density at radius 3 is 1.57 bits per heavy atom. The molecule has 3 aromatic carbocycles. The fourth-order valence-corrected chi connectivity index (χ4v) is 5.00. The molecule has 0 aliphatic carbocycles. The minimum Gasteiger partial charge on any atom is -0.479 e. The van der Waals surface area contributed by atoms with Crippen molar-refractivity contribution in [1.29, 1.82) is 0 Å². The summed E-state index contributed by atoms with van der Waals surface area (Å²) in [6, 6.07) is 18.2. The van der Waals surface area contributed by atoms with Crippen LogP contribution in [0.15, 0.2) is 54.6 Å². The number of benzene rings is 3. The Hall–Kier alpha value is -2.55. The molecular formula is C32H44O3. The van der Waals surface area contributed by atoms with Crippen LogP contribution >= 0.6 is 0 Å². The number of unbranched alkanes of at least 4 members (excludes halogenated alkanes) is 13. The van der Waals surface area contributed by atoms with E-state index >= 15 is 0 Å². The van der Waals surface area contributed by atoms with E-state index in [0.29, 0.717) is 12.2 Å². The van der Waals surface area contributed by atoms with Crippen LogP contribution < -0.4 is 4.74 Å². The van der Waals surface area contributed by atoms with Crippen molar-refractivity contribution in [3.8, 4) is 5.75 Å². The summed E-state index contributed by atoms with van der Waals surface area (Å²) in [6.45, 7) is 2.27. The summed E-state index contributed by atoms with van der Waals surface area (Å²) in [6.07, 6.45) is 17.8. The third-order valence-electron chi connectivity index (χ3n) is 7.08. The first-order valence-corrected chi connectivity index (χ1v) is 14.0. The van der Waals surface area contributed by atoms with Crippen molar-refractivity contribution in [1.82, 2.24) is 0 Å². The van der Waals surface area contributed by atoms with Crippen LogP contribution in [0.25, 0.3) is 21.5 Å². The average Bonchev–Trinajstić information content (AvgIpc) is 2.87. The second kappa shape index (κ2) is 15.4. The van der Waals surface area contributed by atoms with Gasteiger partial charge in [-0.25, -0.2) is 4.79 Å². The number of carbonyl (C=O) groups is 1. The molecule has 3 rings (SSSR count). The largest absolute Gasteiger partial charge is 0.479 e. The second-order valence-corrected chi connectivity index (χ2v) is 9.98. The molecule has 3 nitrogen and oxygen atoms in total. The number of carboxylic acid groups (broad SMARTS) is 1. The monoisotopic (exact) mass is 476 g/mol. The van der Waals surface area contributed by atoms with Gasteiger partial charge in [0.2, 0.25) is 0 Å². The molecule has 0 radical (unpaired) electrons. The fraction of sp³-hybridized carbons (Fsp3) is 0.531. The van der Waals surface area contributed by atoms with Gasteiger partial charge in [0.15, 0.2) is 6.10 Å². The highest BCUT2D eigenvalue weighted by Gasteiger charge is 2.21. The first kappa shape index (κ1) is 27.0. The number of fused-ring (bicyclic) bond motifs is 2. The minimum absolute atomic E-state index is 0.547. The normalized spacial score (nSPS) is 12.3. The predicted molar refractivity (Wildman–Crippen MR) is 148 cm³/mol. The summed E-state index contributed by atoms with van der Waals surface area (Å²) in [7, 11) is 0. The van der Waals surface area contributed by atoms with Crippen molar-refractivity contribution in [3.05, 3.63) is 54.6 Å². The highest BCUT2D eigenvalue weighted by Crippen LogP contribution is 2.36. The molecule has 0 fully saturated rings. The Bertz CT molecular complexity index is 972. The minimum atomic E-state index is -0.878. The van der Waals surface area contributed by atoms with E-state index in [2.05, 4.69) is 25.1 Å². The molecule has 0 spiro atoms. The molecule has 3 aromatic rings. The summed E-state index contributed by atoms with van der Waals surface area (Å²) >= 11 is 0. The van der Waals surface area contributed by atoms with Gasteiger partial charge in [-0.3, -0.25) is 0 Å². The van der Waals surface area contributed by atoms with Crippen molar-refractivity contribution in [2.24, 2.45) is 0 Å². The van der Waals surface area contributed by atoms with Crippen molar-refractivity contribution in [2.75, 3.05) is 0 Å². The summed E-state index contributed by atoms with van der Waals surface area (Å²) in [5, 5.41) is 13.9. The zero-order chi connectivity index (χ0) is 24.7. The van der Waals surface area contributed by atoms with E-state index in [-0.39, 0.29) is 0 Å². The Balaban J connectivity index is 1.39. The first-order valence-electron chi connectivity index (χ1n) is 14.0. The molecule has 0 unspecified atom stereocenters. The number of hydrogen-bond acceptors (Lipinski definition) is 2. The molecule has 35 heavy (non-hydrogen) atoms. The lowest BCUT2D eigenvalue weighted by Crippen LogP contribution is -2.27. The van der Waals surface area contributed by atoms with Crippen LogP contribution in [-0.4, -0.2) is 17.2 Å². The maximum absolute atomic E-state index is 12.0. The van der Waals surface area contributed by atoms with Gasteiger partial charge in [0.25, 0.3) is 0 Å². The van der Waals surface area contributed by atoms with E-state index < -0.39 is 12.1 Å². The highest BCUT2D eigenvalue weighted by atomic mass is 16.5. The van der Waals surface area contributed by atoms with Crippen molar-refractivity contribution in [2.45, 2.75) is 109 Å². The molecule has 0 heterocycles. The molecule has 0 amide bonds. The van der Waals surface area contributed by atoms with Gasteiger partial charge in [-0.2, -0.15) is 0 Å². The molecule has 190 valence electrons. The highest BCUT2D eigenvalue weighted by molar-refractivity contribution is 6.05. The number of rotatable bonds is 18. The molecule has 0 bridgehead atoms. The Morgan fingerprint density at radius 1 is 0.686 bits per heavy atom. The van der Waals surface area contributed by atoms with Gasteiger partial charge in [-0.1, -0.05) is 139 Å². The predicted octanol–water partition coefficient (Wildman–Crippen LogP) is 9.70. The van der Waals surface area contributed by atoms with Crippen LogP contribution in [0, 0.1) is 0 Å². The van der Waals surface area contributed by atoms with Gasteiger partial charge < -0.3 is 9.84 Å². The average molecular weight is 477 g/mol. The van der Waals surface area contributed by atoms with Gasteiger partial charge in [-0.05, 0) is 29.7 Å². The standard InChI is InChI=1S/C32H44O3/c1-2-3-4-5-6-7-8-9-10-11-12-13-14-15-24-30(32(33)34)35-31-28-22-18-16-20-26(28)25-27-21-17-19-23-29(27)31/h16-23,25,30H,2-15,24H2,1H3,(H,33,34)/t30-/m0/s1. The SMILES string of the molecule is CCCCCCCCCCCCCCCC[C@H](Oc1c2ccccc2cc2ccccc12)C(=O)O. The van der Waals surface area contributed by atoms with Crippen LogP contribution in [0.3, 0.4) is 0 Å². The summed E-state index contributed by atoms with van der Waals surface area (Å²) < 4.78 is 6.22. The molecule has 3 heteroatoms. The maximum Gasteiger partial charge on any atom is 0.344 e. The van der Waals surface area contributed by atoms with Gasteiger partial charge in [-0.15, -0.1) is 0 Å². The van der Waals surface area contributed by atoms with Gasteiger partial charge in [0.05, 0.1) is 0 Å². The quantitative estimate of drug-likeness (QED) is 0.147.